The summed E-state index contributed by atoms with van der Waals surface area (Å²) < 4.78 is 71.4. The Bertz CT molecular complexity index is 1580. The zero-order chi connectivity index (χ0) is 29.2. The van der Waals surface area contributed by atoms with Gasteiger partial charge in [0.2, 0.25) is 15.7 Å². The summed E-state index contributed by atoms with van der Waals surface area (Å²) in [5.74, 6) is -2.40. The highest BCUT2D eigenvalue weighted by atomic mass is 32.2. The lowest BCUT2D eigenvalue weighted by Crippen LogP contribution is -2.28. The number of hydrogen-bond donors (Lipinski definition) is 1. The first-order valence-electron chi connectivity index (χ1n) is 12.6. The largest absolute Gasteiger partial charge is 0.485 e. The number of nitrogens with zero attached hydrogens (tertiary/aromatic N) is 7. The number of hydrogen-bond acceptors (Lipinski definition) is 9. The van der Waals surface area contributed by atoms with Gasteiger partial charge in [-0.05, 0) is 46.2 Å². The van der Waals surface area contributed by atoms with Crippen molar-refractivity contribution in [2.75, 3.05) is 26.8 Å². The van der Waals surface area contributed by atoms with Gasteiger partial charge in [-0.1, -0.05) is 0 Å². The molecule has 4 rings (SSSR count). The second kappa shape index (κ2) is 11.9. The number of ether oxygens (including phenoxy) is 2. The van der Waals surface area contributed by atoms with Gasteiger partial charge in [-0.25, -0.2) is 36.2 Å². The van der Waals surface area contributed by atoms with Crippen molar-refractivity contribution in [1.29, 1.82) is 0 Å². The van der Waals surface area contributed by atoms with Crippen molar-refractivity contribution in [3.05, 3.63) is 42.5 Å². The van der Waals surface area contributed by atoms with Crippen molar-refractivity contribution < 1.29 is 31.8 Å². The van der Waals surface area contributed by atoms with Gasteiger partial charge in [0, 0.05) is 38.6 Å². The Kier molecular flexibility index (Phi) is 8.77. The van der Waals surface area contributed by atoms with Crippen LogP contribution >= 0.6 is 0 Å². The van der Waals surface area contributed by atoms with Gasteiger partial charge in [0.1, 0.15) is 29.9 Å². The molecule has 0 saturated carbocycles. The van der Waals surface area contributed by atoms with E-state index in [4.69, 9.17) is 14.6 Å². The van der Waals surface area contributed by atoms with Crippen LogP contribution in [0.4, 0.5) is 8.78 Å². The minimum absolute atomic E-state index is 0.0186. The number of sulfonamides is 1. The van der Waals surface area contributed by atoms with E-state index in [1.165, 1.54) is 17.9 Å². The molecule has 3 heterocycles. The number of aliphatic hydroxyl groups excluding tert-OH is 1. The van der Waals surface area contributed by atoms with Crippen LogP contribution in [0.15, 0.2) is 35.7 Å². The molecule has 0 aliphatic carbocycles. The number of aliphatic hydroxyl groups is 1. The van der Waals surface area contributed by atoms with Crippen LogP contribution in [-0.4, -0.2) is 80.1 Å². The molecule has 0 saturated heterocycles. The molecule has 40 heavy (non-hydrogen) atoms. The Labute approximate surface area is 230 Å². The molecule has 0 fully saturated rings. The first kappa shape index (κ1) is 29.5. The molecule has 1 aromatic carbocycles. The summed E-state index contributed by atoms with van der Waals surface area (Å²) in [4.78, 5) is 8.22. The van der Waals surface area contributed by atoms with E-state index in [0.29, 0.717) is 17.9 Å². The number of aromatic nitrogens is 6. The number of benzene rings is 1. The smallest absolute Gasteiger partial charge is 0.243 e. The van der Waals surface area contributed by atoms with Crippen LogP contribution in [0.1, 0.15) is 40.3 Å². The van der Waals surface area contributed by atoms with E-state index in [-0.39, 0.29) is 49.1 Å². The van der Waals surface area contributed by atoms with Gasteiger partial charge in [0.05, 0.1) is 22.8 Å². The molecule has 4 aromatic rings. The van der Waals surface area contributed by atoms with E-state index < -0.39 is 32.1 Å². The molecule has 15 heteroatoms. The van der Waals surface area contributed by atoms with Crippen LogP contribution < -0.4 is 4.74 Å². The Hall–Kier alpha value is -3.53. The van der Waals surface area contributed by atoms with Crippen LogP contribution in [0, 0.1) is 11.6 Å². The predicted molar refractivity (Wildman–Crippen MR) is 141 cm³/mol. The molecule has 1 unspecified atom stereocenters. The minimum Gasteiger partial charge on any atom is -0.485 e. The highest BCUT2D eigenvalue weighted by Gasteiger charge is 2.27. The zero-order valence-corrected chi connectivity index (χ0v) is 23.6. The predicted octanol–water partition coefficient (Wildman–Crippen LogP) is 3.28. The summed E-state index contributed by atoms with van der Waals surface area (Å²) in [6, 6.07) is 1.44. The summed E-state index contributed by atoms with van der Waals surface area (Å²) in [7, 11) is -2.93. The monoisotopic (exact) mass is 579 g/mol. The lowest BCUT2D eigenvalue weighted by atomic mass is 10.2. The fourth-order valence-corrected chi connectivity index (χ4v) is 5.21. The van der Waals surface area contributed by atoms with Gasteiger partial charge in [-0.2, -0.15) is 9.61 Å². The first-order chi connectivity index (χ1) is 19.0. The summed E-state index contributed by atoms with van der Waals surface area (Å²) in [6.07, 6.45) is 4.22. The number of halogens is 2. The Morgan fingerprint density at radius 1 is 1.18 bits per heavy atom. The minimum atomic E-state index is -4.19. The fraction of sp³-hybridized carbons (Fsp3) is 0.440. The topological polar surface area (TPSA) is 137 Å². The lowest BCUT2D eigenvalue weighted by molar-refractivity contribution is 0.0160. The van der Waals surface area contributed by atoms with Gasteiger partial charge in [0.15, 0.2) is 11.6 Å². The van der Waals surface area contributed by atoms with Crippen molar-refractivity contribution in [2.24, 2.45) is 0 Å². The van der Waals surface area contributed by atoms with Crippen molar-refractivity contribution in [3.63, 3.8) is 0 Å². The Morgan fingerprint density at radius 3 is 2.50 bits per heavy atom. The van der Waals surface area contributed by atoms with Crippen LogP contribution in [-0.2, 0) is 14.8 Å². The number of rotatable bonds is 12. The molecule has 1 atom stereocenters. The normalized spacial score (nSPS) is 13.1. The highest BCUT2D eigenvalue weighted by molar-refractivity contribution is 7.89. The molecule has 0 amide bonds. The molecule has 12 nitrogen and oxygen atoms in total. The van der Waals surface area contributed by atoms with E-state index in [9.17, 15) is 8.42 Å². The van der Waals surface area contributed by atoms with Crippen molar-refractivity contribution in [2.45, 2.75) is 51.3 Å². The molecule has 0 spiro atoms. The lowest BCUT2D eigenvalue weighted by Gasteiger charge is -2.17. The van der Waals surface area contributed by atoms with Gasteiger partial charge >= 0.3 is 0 Å². The SMILES string of the molecule is CCOC(C)n1cc(-c2ncn3nc(-c4c(F)cc(S(=O)(=O)N(C)CCCO)cc4F)nc3c2OC(C)C)cn1. The van der Waals surface area contributed by atoms with Gasteiger partial charge < -0.3 is 14.6 Å². The molecule has 1 N–H and O–H groups in total. The molecule has 0 radical (unpaired) electrons. The van der Waals surface area contributed by atoms with Crippen LogP contribution in [0.2, 0.25) is 0 Å². The second-order valence-electron chi connectivity index (χ2n) is 9.22. The summed E-state index contributed by atoms with van der Waals surface area (Å²) >= 11 is 0. The molecular formula is C25H31F2N7O5S. The third kappa shape index (κ3) is 5.82. The van der Waals surface area contributed by atoms with E-state index in [2.05, 4.69) is 20.2 Å². The first-order valence-corrected chi connectivity index (χ1v) is 14.1. The van der Waals surface area contributed by atoms with E-state index in [0.717, 1.165) is 16.4 Å². The van der Waals surface area contributed by atoms with Crippen LogP contribution in [0.3, 0.4) is 0 Å². The summed E-state index contributed by atoms with van der Waals surface area (Å²) in [5, 5.41) is 17.5. The maximum atomic E-state index is 15.2. The van der Waals surface area contributed by atoms with E-state index >= 15 is 8.78 Å². The van der Waals surface area contributed by atoms with Gasteiger partial charge in [-0.3, -0.25) is 0 Å². The van der Waals surface area contributed by atoms with Crippen molar-refractivity contribution >= 4 is 15.7 Å². The van der Waals surface area contributed by atoms with Gasteiger partial charge in [0.25, 0.3) is 0 Å². The highest BCUT2D eigenvalue weighted by Crippen LogP contribution is 2.34. The average molecular weight is 580 g/mol. The van der Waals surface area contributed by atoms with Crippen LogP contribution in [0.5, 0.6) is 5.75 Å². The maximum Gasteiger partial charge on any atom is 0.243 e. The molecule has 0 aliphatic rings. The third-order valence-electron chi connectivity index (χ3n) is 5.93. The maximum absolute atomic E-state index is 15.2. The van der Waals surface area contributed by atoms with Crippen LogP contribution in [0.25, 0.3) is 28.3 Å². The summed E-state index contributed by atoms with van der Waals surface area (Å²) in [5.41, 5.74) is 0.546. The standard InChI is InChI=1S/C25H31F2N7O5S/c1-6-38-16(4)33-13-17(12-29-33)22-23(39-15(2)3)25-30-24(31-34(25)14-28-22)21-19(26)10-18(11-20(21)27)40(36,37)32(5)8-7-9-35/h10-16,35H,6-9H2,1-5H3. The quantitative estimate of drug-likeness (QED) is 0.268. The fourth-order valence-electron chi connectivity index (χ4n) is 3.97. The molecule has 216 valence electrons. The molecule has 0 aliphatic heterocycles. The van der Waals surface area contributed by atoms with Gasteiger partial charge in [-0.15, -0.1) is 5.10 Å². The van der Waals surface area contributed by atoms with E-state index in [1.807, 2.05) is 13.8 Å². The Balaban J connectivity index is 1.79. The second-order valence-corrected chi connectivity index (χ2v) is 11.3. The average Bonchev–Trinajstić information content (AvgIpc) is 3.55. The van der Waals surface area contributed by atoms with E-state index in [1.54, 1.807) is 30.9 Å². The number of fused-ring (bicyclic) bond motifs is 1. The van der Waals surface area contributed by atoms with Crippen molar-refractivity contribution in [1.82, 2.24) is 33.7 Å². The zero-order valence-electron chi connectivity index (χ0n) is 22.7. The molecule has 0 bridgehead atoms. The summed E-state index contributed by atoms with van der Waals surface area (Å²) in [6.45, 7) is 7.60. The molecular weight excluding hydrogens is 548 g/mol. The molecule has 3 aromatic heterocycles. The van der Waals surface area contributed by atoms with Crippen molar-refractivity contribution in [3.8, 4) is 28.4 Å². The third-order valence-corrected chi connectivity index (χ3v) is 7.77. The Morgan fingerprint density at radius 2 is 1.88 bits per heavy atom.